The lowest BCUT2D eigenvalue weighted by Crippen LogP contribution is -2.40. The molecule has 0 saturated heterocycles. The third-order valence-electron chi connectivity index (χ3n) is 6.92. The lowest BCUT2D eigenvalue weighted by atomic mass is 9.84. The Morgan fingerprint density at radius 2 is 1.66 bits per heavy atom. The molecule has 2 bridgehead atoms. The van der Waals surface area contributed by atoms with Gasteiger partial charge < -0.3 is 5.32 Å². The van der Waals surface area contributed by atoms with Crippen molar-refractivity contribution < 1.29 is 4.79 Å². The zero-order chi connectivity index (χ0) is 21.9. The first-order valence-electron chi connectivity index (χ1n) is 11.4. The molecule has 4 atom stereocenters. The van der Waals surface area contributed by atoms with Gasteiger partial charge in [0.1, 0.15) is 11.4 Å². The van der Waals surface area contributed by atoms with Crippen LogP contribution < -0.4 is 5.32 Å². The Hall–Kier alpha value is -2.73. The summed E-state index contributed by atoms with van der Waals surface area (Å²) in [7, 11) is 0. The van der Waals surface area contributed by atoms with Crippen LogP contribution in [-0.2, 0) is 4.79 Å². The van der Waals surface area contributed by atoms with E-state index in [0.29, 0.717) is 16.8 Å². The molecule has 3 aromatic rings. The maximum atomic E-state index is 12.6. The fourth-order valence-electron chi connectivity index (χ4n) is 5.40. The smallest absolute Gasteiger partial charge is 0.230 e. The number of hydrogen-bond acceptors (Lipinski definition) is 5. The molecule has 1 heterocycles. The summed E-state index contributed by atoms with van der Waals surface area (Å²) in [5.74, 6) is 2.66. The van der Waals surface area contributed by atoms with E-state index in [4.69, 9.17) is 4.98 Å². The van der Waals surface area contributed by atoms with Crippen LogP contribution in [0.15, 0.2) is 65.8 Å². The van der Waals surface area contributed by atoms with E-state index in [2.05, 4.69) is 22.4 Å². The number of fused-ring (bicyclic) bond motifs is 2. The zero-order valence-electron chi connectivity index (χ0n) is 18.3. The van der Waals surface area contributed by atoms with Crippen molar-refractivity contribution >= 4 is 17.7 Å². The fourth-order valence-corrected chi connectivity index (χ4v) is 6.00. The average Bonchev–Trinajstić information content (AvgIpc) is 3.48. The molecule has 2 fully saturated rings. The first kappa shape index (κ1) is 21.1. The van der Waals surface area contributed by atoms with E-state index >= 15 is 0 Å². The molecule has 5 nitrogen and oxygen atoms in total. The monoisotopic (exact) mass is 444 g/mol. The van der Waals surface area contributed by atoms with Crippen LogP contribution in [0.1, 0.15) is 32.6 Å². The molecule has 1 N–H and O–H groups in total. The van der Waals surface area contributed by atoms with Crippen LogP contribution in [0.5, 0.6) is 0 Å². The largest absolute Gasteiger partial charge is 0.353 e. The maximum absolute atomic E-state index is 12.6. The van der Waals surface area contributed by atoms with Crippen molar-refractivity contribution in [2.24, 2.45) is 17.8 Å². The van der Waals surface area contributed by atoms with Crippen LogP contribution in [0.2, 0.25) is 0 Å². The van der Waals surface area contributed by atoms with Gasteiger partial charge in [-0.1, -0.05) is 78.8 Å². The minimum Gasteiger partial charge on any atom is -0.353 e. The third kappa shape index (κ3) is 4.56. The average molecular weight is 445 g/mol. The predicted octanol–water partition coefficient (Wildman–Crippen LogP) is 5.24. The standard InChI is InChI=1S/C26H28N4OS/c1-17(22-15-18-12-13-21(22)14-18)27-23(31)16-32-26-28-24(19-8-4-2-5-9-19)25(29-30-26)20-10-6-3-7-11-20/h2-11,17-18,21-22H,12-16H2,1H3,(H,27,31). The van der Waals surface area contributed by atoms with Crippen LogP contribution in [-0.4, -0.2) is 32.9 Å². The maximum Gasteiger partial charge on any atom is 0.230 e. The number of carbonyl (C=O) groups is 1. The highest BCUT2D eigenvalue weighted by Gasteiger charge is 2.42. The first-order chi connectivity index (χ1) is 15.7. The van der Waals surface area contributed by atoms with Crippen LogP contribution in [0.4, 0.5) is 0 Å². The van der Waals surface area contributed by atoms with E-state index in [0.717, 1.165) is 34.4 Å². The number of rotatable bonds is 7. The van der Waals surface area contributed by atoms with Crippen LogP contribution in [0.25, 0.3) is 22.5 Å². The summed E-state index contributed by atoms with van der Waals surface area (Å²) in [5, 5.41) is 12.6. The Kier molecular flexibility index (Phi) is 6.21. The molecule has 164 valence electrons. The van der Waals surface area contributed by atoms with Crippen LogP contribution in [0, 0.1) is 17.8 Å². The van der Waals surface area contributed by atoms with Crippen molar-refractivity contribution in [2.75, 3.05) is 5.75 Å². The fraction of sp³-hybridized carbons (Fsp3) is 0.385. The molecule has 4 unspecified atom stereocenters. The van der Waals surface area contributed by atoms with Gasteiger partial charge in [0, 0.05) is 17.2 Å². The highest BCUT2D eigenvalue weighted by Crippen LogP contribution is 2.49. The summed E-state index contributed by atoms with van der Waals surface area (Å²) in [5.41, 5.74) is 3.48. The van der Waals surface area contributed by atoms with E-state index in [-0.39, 0.29) is 11.9 Å². The summed E-state index contributed by atoms with van der Waals surface area (Å²) in [6.45, 7) is 2.16. The summed E-state index contributed by atoms with van der Waals surface area (Å²) < 4.78 is 0. The number of hydrogen-bond donors (Lipinski definition) is 1. The van der Waals surface area contributed by atoms with Gasteiger partial charge in [-0.2, -0.15) is 0 Å². The molecule has 2 aromatic carbocycles. The molecule has 1 aromatic heterocycles. The van der Waals surface area contributed by atoms with Crippen molar-refractivity contribution in [1.82, 2.24) is 20.5 Å². The SMILES string of the molecule is CC(NC(=O)CSc1nnc(-c2ccccc2)c(-c2ccccc2)n1)C1CC2CCC1C2. The van der Waals surface area contributed by atoms with Gasteiger partial charge in [0.05, 0.1) is 5.75 Å². The lowest BCUT2D eigenvalue weighted by molar-refractivity contribution is -0.119. The minimum absolute atomic E-state index is 0.0438. The summed E-state index contributed by atoms with van der Waals surface area (Å²) in [6.07, 6.45) is 5.34. The first-order valence-corrected chi connectivity index (χ1v) is 12.4. The molecule has 6 heteroatoms. The zero-order valence-corrected chi connectivity index (χ0v) is 19.1. The Morgan fingerprint density at radius 3 is 2.28 bits per heavy atom. The molecular weight excluding hydrogens is 416 g/mol. The topological polar surface area (TPSA) is 67.8 Å². The van der Waals surface area contributed by atoms with Crippen molar-refractivity contribution in [1.29, 1.82) is 0 Å². The number of thioether (sulfide) groups is 1. The Balaban J connectivity index is 1.28. The molecule has 5 rings (SSSR count). The number of nitrogens with one attached hydrogen (secondary N) is 1. The highest BCUT2D eigenvalue weighted by atomic mass is 32.2. The van der Waals surface area contributed by atoms with Gasteiger partial charge >= 0.3 is 0 Å². The summed E-state index contributed by atoms with van der Waals surface area (Å²) in [6, 6.07) is 20.2. The number of nitrogens with zero attached hydrogens (tertiary/aromatic N) is 3. The minimum atomic E-state index is 0.0438. The Labute approximate surface area is 193 Å². The summed E-state index contributed by atoms with van der Waals surface area (Å²) >= 11 is 1.34. The van der Waals surface area contributed by atoms with E-state index < -0.39 is 0 Å². The molecule has 1 amide bonds. The van der Waals surface area contributed by atoms with Crippen molar-refractivity contribution in [3.05, 3.63) is 60.7 Å². The van der Waals surface area contributed by atoms with Crippen molar-refractivity contribution in [3.63, 3.8) is 0 Å². The second kappa shape index (κ2) is 9.41. The second-order valence-electron chi connectivity index (χ2n) is 9.01. The van der Waals surface area contributed by atoms with E-state index in [1.807, 2.05) is 60.7 Å². The number of amides is 1. The number of benzene rings is 2. The van der Waals surface area contributed by atoms with Gasteiger partial charge in [-0.25, -0.2) is 4.98 Å². The van der Waals surface area contributed by atoms with Crippen LogP contribution >= 0.6 is 11.8 Å². The molecule has 2 aliphatic carbocycles. The molecular formula is C26H28N4OS. The molecule has 0 spiro atoms. The Bertz CT molecular complexity index is 1080. The van der Waals surface area contributed by atoms with Crippen molar-refractivity contribution in [3.8, 4) is 22.5 Å². The molecule has 0 radical (unpaired) electrons. The van der Waals surface area contributed by atoms with Gasteiger partial charge in [-0.05, 0) is 43.9 Å². The normalized spacial score (nSPS) is 22.6. The molecule has 2 saturated carbocycles. The van der Waals surface area contributed by atoms with Gasteiger partial charge in [0.25, 0.3) is 0 Å². The number of aromatic nitrogens is 3. The van der Waals surface area contributed by atoms with Gasteiger partial charge in [-0.3, -0.25) is 4.79 Å². The third-order valence-corrected chi connectivity index (χ3v) is 7.76. The molecule has 2 aliphatic rings. The highest BCUT2D eigenvalue weighted by molar-refractivity contribution is 7.99. The molecule has 0 aliphatic heterocycles. The summed E-state index contributed by atoms with van der Waals surface area (Å²) in [4.78, 5) is 17.4. The van der Waals surface area contributed by atoms with Gasteiger partial charge in [0.15, 0.2) is 0 Å². The predicted molar refractivity (Wildman–Crippen MR) is 128 cm³/mol. The second-order valence-corrected chi connectivity index (χ2v) is 9.95. The van der Waals surface area contributed by atoms with Gasteiger partial charge in [-0.15, -0.1) is 10.2 Å². The van der Waals surface area contributed by atoms with E-state index in [9.17, 15) is 4.79 Å². The lowest BCUT2D eigenvalue weighted by Gasteiger charge is -2.28. The van der Waals surface area contributed by atoms with E-state index in [1.165, 1.54) is 37.4 Å². The van der Waals surface area contributed by atoms with Crippen LogP contribution in [0.3, 0.4) is 0 Å². The quantitative estimate of drug-likeness (QED) is 0.505. The van der Waals surface area contributed by atoms with Gasteiger partial charge in [0.2, 0.25) is 11.1 Å². The van der Waals surface area contributed by atoms with Crippen molar-refractivity contribution in [2.45, 2.75) is 43.8 Å². The Morgan fingerprint density at radius 1 is 0.969 bits per heavy atom. The molecule has 32 heavy (non-hydrogen) atoms. The van der Waals surface area contributed by atoms with E-state index in [1.54, 1.807) is 0 Å². The number of carbonyl (C=O) groups excluding carboxylic acids is 1.